The highest BCUT2D eigenvalue weighted by molar-refractivity contribution is 5.78. The second kappa shape index (κ2) is 10.9. The van der Waals surface area contributed by atoms with E-state index in [0.717, 1.165) is 25.7 Å². The summed E-state index contributed by atoms with van der Waals surface area (Å²) in [5.41, 5.74) is 0.876. The highest BCUT2D eigenvalue weighted by atomic mass is 16.2. The Morgan fingerprint density at radius 2 is 1.84 bits per heavy atom. The number of fused-ring (bicyclic) bond motifs is 1. The van der Waals surface area contributed by atoms with Crippen molar-refractivity contribution in [2.45, 2.75) is 93.2 Å². The Morgan fingerprint density at radius 1 is 1.16 bits per heavy atom. The molecular weight excluding hydrogens is 386 g/mol. The molecule has 1 heterocycles. The van der Waals surface area contributed by atoms with Crippen LogP contribution in [0.25, 0.3) is 10.9 Å². The molecule has 0 fully saturated rings. The third-order valence-electron chi connectivity index (χ3n) is 5.83. The number of carbonyl (C=O) groups is 1. The van der Waals surface area contributed by atoms with Crippen LogP contribution < -0.4 is 5.56 Å². The summed E-state index contributed by atoms with van der Waals surface area (Å²) in [6.07, 6.45) is 4.23. The third kappa shape index (κ3) is 6.41. The van der Waals surface area contributed by atoms with E-state index in [1.165, 1.54) is 0 Å². The van der Waals surface area contributed by atoms with Gasteiger partial charge in [0.05, 0.1) is 16.9 Å². The lowest BCUT2D eigenvalue weighted by molar-refractivity contribution is -0.135. The van der Waals surface area contributed by atoms with Crippen LogP contribution in [0.2, 0.25) is 0 Å². The number of nitrogens with zero attached hydrogens (tertiary/aromatic N) is 3. The third-order valence-corrected chi connectivity index (χ3v) is 5.83. The van der Waals surface area contributed by atoms with Gasteiger partial charge in [-0.25, -0.2) is 4.98 Å². The smallest absolute Gasteiger partial charge is 0.261 e. The van der Waals surface area contributed by atoms with Gasteiger partial charge in [0, 0.05) is 19.5 Å². The first kappa shape index (κ1) is 25.1. The lowest BCUT2D eigenvalue weighted by Crippen LogP contribution is -2.40. The van der Waals surface area contributed by atoms with Gasteiger partial charge < -0.3 is 4.90 Å². The molecule has 2 aromatic rings. The van der Waals surface area contributed by atoms with Gasteiger partial charge in [0.15, 0.2) is 0 Å². The van der Waals surface area contributed by atoms with E-state index < -0.39 is 0 Å². The predicted octanol–water partition coefficient (Wildman–Crippen LogP) is 5.96. The molecule has 0 aliphatic rings. The summed E-state index contributed by atoms with van der Waals surface area (Å²) in [5.74, 6) is 1.19. The molecule has 172 valence electrons. The number of benzene rings is 1. The molecule has 1 aromatic heterocycles. The van der Waals surface area contributed by atoms with Crippen molar-refractivity contribution in [3.63, 3.8) is 0 Å². The van der Waals surface area contributed by atoms with Gasteiger partial charge in [-0.1, -0.05) is 60.1 Å². The van der Waals surface area contributed by atoms with Crippen molar-refractivity contribution in [1.29, 1.82) is 0 Å². The van der Waals surface area contributed by atoms with E-state index in [2.05, 4.69) is 41.5 Å². The van der Waals surface area contributed by atoms with Crippen molar-refractivity contribution < 1.29 is 4.79 Å². The number of hydrogen-bond acceptors (Lipinski definition) is 3. The Bertz CT molecular complexity index is 926. The van der Waals surface area contributed by atoms with Crippen molar-refractivity contribution in [2.75, 3.05) is 6.54 Å². The SMILES string of the molecule is CCCCN(C(=O)CC(C)CC(C)(C)C)C(CC)c1nc2ccccc2c(=O)n1CC. The molecular formula is C26H41N3O2. The van der Waals surface area contributed by atoms with E-state index in [1.807, 2.05) is 36.1 Å². The Labute approximate surface area is 187 Å². The van der Waals surface area contributed by atoms with E-state index in [9.17, 15) is 9.59 Å². The molecule has 5 heteroatoms. The summed E-state index contributed by atoms with van der Waals surface area (Å²) < 4.78 is 1.75. The van der Waals surface area contributed by atoms with Crippen molar-refractivity contribution in [3.8, 4) is 0 Å². The second-order valence-electron chi connectivity index (χ2n) is 9.98. The highest BCUT2D eigenvalue weighted by Gasteiger charge is 2.29. The molecule has 0 saturated carbocycles. The molecule has 0 N–H and O–H groups in total. The molecule has 2 unspecified atom stereocenters. The number of aromatic nitrogens is 2. The number of carbonyl (C=O) groups excluding carboxylic acids is 1. The number of hydrogen-bond donors (Lipinski definition) is 0. The van der Waals surface area contributed by atoms with Crippen LogP contribution in [0.1, 0.15) is 92.4 Å². The summed E-state index contributed by atoms with van der Waals surface area (Å²) in [4.78, 5) is 33.5. The van der Waals surface area contributed by atoms with Crippen LogP contribution in [0.3, 0.4) is 0 Å². The Morgan fingerprint density at radius 3 is 2.42 bits per heavy atom. The Kier molecular flexibility index (Phi) is 8.84. The molecule has 0 spiro atoms. The molecule has 0 saturated heterocycles. The van der Waals surface area contributed by atoms with Gasteiger partial charge in [-0.05, 0) is 49.7 Å². The zero-order valence-electron chi connectivity index (χ0n) is 20.6. The van der Waals surface area contributed by atoms with E-state index in [-0.39, 0.29) is 22.9 Å². The summed E-state index contributed by atoms with van der Waals surface area (Å²) in [5, 5.41) is 0.633. The van der Waals surface area contributed by atoms with Crippen LogP contribution in [0.15, 0.2) is 29.1 Å². The number of amides is 1. The fraction of sp³-hybridized carbons (Fsp3) is 0.654. The van der Waals surface area contributed by atoms with Gasteiger partial charge in [0.1, 0.15) is 5.82 Å². The van der Waals surface area contributed by atoms with Crippen LogP contribution in [0.5, 0.6) is 0 Å². The average molecular weight is 428 g/mol. The maximum atomic E-state index is 13.5. The second-order valence-corrected chi connectivity index (χ2v) is 9.98. The predicted molar refractivity (Wildman–Crippen MR) is 129 cm³/mol. The van der Waals surface area contributed by atoms with Gasteiger partial charge in [-0.3, -0.25) is 14.2 Å². The molecule has 0 aliphatic carbocycles. The Hall–Kier alpha value is -2.17. The lowest BCUT2D eigenvalue weighted by Gasteiger charge is -2.33. The van der Waals surface area contributed by atoms with Crippen molar-refractivity contribution >= 4 is 16.8 Å². The Balaban J connectivity index is 2.47. The van der Waals surface area contributed by atoms with Gasteiger partial charge >= 0.3 is 0 Å². The van der Waals surface area contributed by atoms with Crippen LogP contribution in [0.4, 0.5) is 0 Å². The van der Waals surface area contributed by atoms with E-state index in [1.54, 1.807) is 4.57 Å². The van der Waals surface area contributed by atoms with Gasteiger partial charge in [0.25, 0.3) is 5.56 Å². The van der Waals surface area contributed by atoms with Crippen LogP contribution >= 0.6 is 0 Å². The molecule has 0 aliphatic heterocycles. The van der Waals surface area contributed by atoms with Gasteiger partial charge in [-0.2, -0.15) is 0 Å². The quantitative estimate of drug-likeness (QED) is 0.470. The minimum atomic E-state index is -0.196. The maximum Gasteiger partial charge on any atom is 0.261 e. The van der Waals surface area contributed by atoms with E-state index in [0.29, 0.717) is 42.2 Å². The lowest BCUT2D eigenvalue weighted by atomic mass is 9.84. The summed E-state index contributed by atoms with van der Waals surface area (Å²) in [6.45, 7) is 16.3. The zero-order chi connectivity index (χ0) is 23.2. The standard InChI is InChI=1S/C26H41N3O2/c1-8-11-16-29(23(30)17-19(4)18-26(5,6)7)22(9-2)24-27-21-15-13-12-14-20(21)25(31)28(24)10-3/h12-15,19,22H,8-11,16-18H2,1-7H3. The first-order chi connectivity index (χ1) is 14.6. The summed E-state index contributed by atoms with van der Waals surface area (Å²) in [7, 11) is 0. The molecule has 1 aromatic carbocycles. The monoisotopic (exact) mass is 427 g/mol. The van der Waals surface area contributed by atoms with E-state index in [4.69, 9.17) is 4.98 Å². The number of unbranched alkanes of at least 4 members (excludes halogenated alkanes) is 1. The molecule has 0 bridgehead atoms. The molecule has 2 rings (SSSR count). The average Bonchev–Trinajstić information content (AvgIpc) is 2.69. The molecule has 2 atom stereocenters. The van der Waals surface area contributed by atoms with Crippen LogP contribution in [-0.2, 0) is 11.3 Å². The summed E-state index contributed by atoms with van der Waals surface area (Å²) in [6, 6.07) is 7.30. The minimum Gasteiger partial charge on any atom is -0.333 e. The van der Waals surface area contributed by atoms with E-state index >= 15 is 0 Å². The van der Waals surface area contributed by atoms with Crippen molar-refractivity contribution in [2.24, 2.45) is 11.3 Å². The minimum absolute atomic E-state index is 0.0226. The molecule has 1 amide bonds. The zero-order valence-corrected chi connectivity index (χ0v) is 20.6. The van der Waals surface area contributed by atoms with Crippen molar-refractivity contribution in [3.05, 3.63) is 40.4 Å². The van der Waals surface area contributed by atoms with Crippen LogP contribution in [0, 0.1) is 11.3 Å². The highest BCUT2D eigenvalue weighted by Crippen LogP contribution is 2.29. The normalized spacial score (nSPS) is 13.9. The first-order valence-electron chi connectivity index (χ1n) is 11.9. The van der Waals surface area contributed by atoms with Crippen molar-refractivity contribution in [1.82, 2.24) is 14.5 Å². The number of rotatable bonds is 10. The first-order valence-corrected chi connectivity index (χ1v) is 11.9. The molecule has 5 nitrogen and oxygen atoms in total. The molecule has 0 radical (unpaired) electrons. The topological polar surface area (TPSA) is 55.2 Å². The van der Waals surface area contributed by atoms with Gasteiger partial charge in [0.2, 0.25) is 5.91 Å². The van der Waals surface area contributed by atoms with Gasteiger partial charge in [-0.15, -0.1) is 0 Å². The molecule has 31 heavy (non-hydrogen) atoms. The fourth-order valence-corrected chi connectivity index (χ4v) is 4.60. The number of para-hydroxylation sites is 1. The fourth-order valence-electron chi connectivity index (χ4n) is 4.60. The van der Waals surface area contributed by atoms with Crippen LogP contribution in [-0.4, -0.2) is 26.9 Å². The largest absolute Gasteiger partial charge is 0.333 e. The summed E-state index contributed by atoms with van der Waals surface area (Å²) >= 11 is 0. The maximum absolute atomic E-state index is 13.5.